The summed E-state index contributed by atoms with van der Waals surface area (Å²) < 4.78 is 15.3. The lowest BCUT2D eigenvalue weighted by Gasteiger charge is -2.27. The van der Waals surface area contributed by atoms with Crippen molar-refractivity contribution >= 4 is 18.0 Å². The van der Waals surface area contributed by atoms with Crippen LogP contribution in [0.4, 0.5) is 4.79 Å². The molecule has 0 unspecified atom stereocenters. The third-order valence-corrected chi connectivity index (χ3v) is 2.29. The number of carbonyl (C=O) groups is 3. The number of carbonyl (C=O) groups excluding carboxylic acids is 3. The van der Waals surface area contributed by atoms with Gasteiger partial charge in [-0.1, -0.05) is 0 Å². The molecule has 0 saturated carbocycles. The van der Waals surface area contributed by atoms with Gasteiger partial charge in [-0.3, -0.25) is 14.5 Å². The van der Waals surface area contributed by atoms with Crippen LogP contribution in [0.25, 0.3) is 0 Å². The Labute approximate surface area is 138 Å². The van der Waals surface area contributed by atoms with Gasteiger partial charge >= 0.3 is 18.0 Å². The van der Waals surface area contributed by atoms with E-state index in [0.29, 0.717) is 0 Å². The van der Waals surface area contributed by atoms with Crippen molar-refractivity contribution in [1.29, 1.82) is 0 Å². The minimum atomic E-state index is -0.699. The van der Waals surface area contributed by atoms with Gasteiger partial charge in [0.05, 0.1) is 18.6 Å². The molecule has 0 radical (unpaired) electrons. The molecule has 7 heteroatoms. The normalized spacial score (nSPS) is 11.3. The molecule has 134 valence electrons. The zero-order chi connectivity index (χ0) is 18.2. The van der Waals surface area contributed by atoms with Crippen LogP contribution in [-0.2, 0) is 23.8 Å². The van der Waals surface area contributed by atoms with Crippen LogP contribution in [0.1, 0.15) is 54.9 Å². The summed E-state index contributed by atoms with van der Waals surface area (Å²) in [7, 11) is 0. The Morgan fingerprint density at radius 3 is 1.83 bits per heavy atom. The quantitative estimate of drug-likeness (QED) is 0.526. The van der Waals surface area contributed by atoms with Gasteiger partial charge < -0.3 is 14.2 Å². The van der Waals surface area contributed by atoms with Crippen molar-refractivity contribution in [2.24, 2.45) is 0 Å². The number of esters is 2. The lowest BCUT2D eigenvalue weighted by atomic mass is 10.2. The first kappa shape index (κ1) is 21.2. The summed E-state index contributed by atoms with van der Waals surface area (Å²) >= 11 is 0. The van der Waals surface area contributed by atoms with Crippen LogP contribution >= 0.6 is 0 Å². The highest BCUT2D eigenvalue weighted by Gasteiger charge is 2.25. The van der Waals surface area contributed by atoms with E-state index in [0.717, 1.165) is 4.90 Å². The van der Waals surface area contributed by atoms with Gasteiger partial charge in [0.15, 0.2) is 0 Å². The Bertz CT molecular complexity index is 411. The second-order valence-corrected chi connectivity index (χ2v) is 6.73. The molecule has 0 aliphatic carbocycles. The number of ether oxygens (including phenoxy) is 3. The maximum Gasteiger partial charge on any atom is 0.410 e. The van der Waals surface area contributed by atoms with E-state index in [1.54, 1.807) is 48.5 Å². The fourth-order valence-corrected chi connectivity index (χ4v) is 1.57. The molecule has 0 rings (SSSR count). The van der Waals surface area contributed by atoms with Crippen LogP contribution in [-0.4, -0.2) is 53.8 Å². The Balaban J connectivity index is 4.75. The monoisotopic (exact) mass is 331 g/mol. The Morgan fingerprint density at radius 2 is 1.39 bits per heavy atom. The molecule has 0 saturated heterocycles. The van der Waals surface area contributed by atoms with Gasteiger partial charge in [0, 0.05) is 6.54 Å². The van der Waals surface area contributed by atoms with Gasteiger partial charge in [-0.15, -0.1) is 0 Å². The van der Waals surface area contributed by atoms with Gasteiger partial charge in [-0.25, -0.2) is 4.79 Å². The Morgan fingerprint density at radius 1 is 0.913 bits per heavy atom. The molecule has 0 N–H and O–H groups in total. The molecule has 7 nitrogen and oxygen atoms in total. The van der Waals surface area contributed by atoms with Gasteiger partial charge in [-0.2, -0.15) is 0 Å². The highest BCUT2D eigenvalue weighted by Crippen LogP contribution is 2.11. The van der Waals surface area contributed by atoms with Crippen LogP contribution in [0.15, 0.2) is 0 Å². The van der Waals surface area contributed by atoms with E-state index < -0.39 is 23.6 Å². The molecule has 0 bridgehead atoms. The van der Waals surface area contributed by atoms with Crippen molar-refractivity contribution in [3.63, 3.8) is 0 Å². The van der Waals surface area contributed by atoms with Gasteiger partial charge in [0.1, 0.15) is 12.1 Å². The summed E-state index contributed by atoms with van der Waals surface area (Å²) in [5, 5.41) is 0. The average molecular weight is 331 g/mol. The molecule has 0 aromatic carbocycles. The van der Waals surface area contributed by atoms with E-state index in [-0.39, 0.29) is 31.7 Å². The van der Waals surface area contributed by atoms with Crippen molar-refractivity contribution in [2.45, 2.75) is 72.7 Å². The zero-order valence-electron chi connectivity index (χ0n) is 15.2. The van der Waals surface area contributed by atoms with Gasteiger partial charge in [0.25, 0.3) is 0 Å². The summed E-state index contributed by atoms with van der Waals surface area (Å²) in [5.74, 6) is -0.992. The number of amides is 1. The van der Waals surface area contributed by atoms with E-state index in [9.17, 15) is 14.4 Å². The van der Waals surface area contributed by atoms with E-state index in [1.807, 2.05) is 0 Å². The molecule has 0 aromatic rings. The third kappa shape index (κ3) is 11.4. The van der Waals surface area contributed by atoms with Crippen molar-refractivity contribution in [2.75, 3.05) is 13.1 Å². The molecule has 0 aliphatic rings. The first-order chi connectivity index (χ1) is 10.4. The molecule has 0 atom stereocenters. The fraction of sp³-hybridized carbons (Fsp3) is 0.812. The van der Waals surface area contributed by atoms with Crippen molar-refractivity contribution in [3.8, 4) is 0 Å². The Kier molecular flexibility index (Phi) is 8.64. The SMILES string of the molecule is CC(C)OC(=O)CCN(CC(=O)OC(C)C)C(=O)OC(C)(C)C. The minimum Gasteiger partial charge on any atom is -0.463 e. The van der Waals surface area contributed by atoms with Crippen molar-refractivity contribution in [3.05, 3.63) is 0 Å². The number of hydrogen-bond acceptors (Lipinski definition) is 6. The van der Waals surface area contributed by atoms with Gasteiger partial charge in [0.2, 0.25) is 0 Å². The lowest BCUT2D eigenvalue weighted by Crippen LogP contribution is -2.41. The molecular formula is C16H29NO6. The van der Waals surface area contributed by atoms with Crippen LogP contribution in [0.3, 0.4) is 0 Å². The Hall–Kier alpha value is -1.79. The number of nitrogens with zero attached hydrogens (tertiary/aromatic N) is 1. The highest BCUT2D eigenvalue weighted by molar-refractivity contribution is 5.79. The zero-order valence-corrected chi connectivity index (χ0v) is 15.2. The molecule has 0 spiro atoms. The maximum atomic E-state index is 12.2. The molecular weight excluding hydrogens is 302 g/mol. The molecule has 0 aliphatic heterocycles. The maximum absolute atomic E-state index is 12.2. The standard InChI is InChI=1S/C16H29NO6/c1-11(2)21-13(18)8-9-17(10-14(19)22-12(3)4)15(20)23-16(5,6)7/h11-12H,8-10H2,1-7H3. The lowest BCUT2D eigenvalue weighted by molar-refractivity contribution is -0.151. The van der Waals surface area contributed by atoms with Crippen LogP contribution < -0.4 is 0 Å². The van der Waals surface area contributed by atoms with Crippen molar-refractivity contribution in [1.82, 2.24) is 4.90 Å². The second-order valence-electron chi connectivity index (χ2n) is 6.73. The van der Waals surface area contributed by atoms with E-state index in [4.69, 9.17) is 14.2 Å². The molecule has 0 aromatic heterocycles. The van der Waals surface area contributed by atoms with Gasteiger partial charge in [-0.05, 0) is 48.5 Å². The number of hydrogen-bond donors (Lipinski definition) is 0. The van der Waals surface area contributed by atoms with Crippen LogP contribution in [0.5, 0.6) is 0 Å². The summed E-state index contributed by atoms with van der Waals surface area (Å²) in [5.41, 5.74) is -0.699. The summed E-state index contributed by atoms with van der Waals surface area (Å²) in [6.07, 6.45) is -1.21. The fourth-order valence-electron chi connectivity index (χ4n) is 1.57. The predicted molar refractivity (Wildman–Crippen MR) is 84.9 cm³/mol. The molecule has 23 heavy (non-hydrogen) atoms. The molecule has 0 heterocycles. The predicted octanol–water partition coefficient (Wildman–Crippen LogP) is 2.52. The summed E-state index contributed by atoms with van der Waals surface area (Å²) in [6.45, 7) is 11.8. The summed E-state index contributed by atoms with van der Waals surface area (Å²) in [6, 6.07) is 0. The van der Waals surface area contributed by atoms with E-state index >= 15 is 0 Å². The molecule has 0 fully saturated rings. The smallest absolute Gasteiger partial charge is 0.410 e. The third-order valence-electron chi connectivity index (χ3n) is 2.29. The number of rotatable bonds is 7. The highest BCUT2D eigenvalue weighted by atomic mass is 16.6. The van der Waals surface area contributed by atoms with E-state index in [2.05, 4.69) is 0 Å². The van der Waals surface area contributed by atoms with Crippen LogP contribution in [0.2, 0.25) is 0 Å². The van der Waals surface area contributed by atoms with Crippen molar-refractivity contribution < 1.29 is 28.6 Å². The first-order valence-corrected chi connectivity index (χ1v) is 7.77. The van der Waals surface area contributed by atoms with E-state index in [1.165, 1.54) is 0 Å². The molecule has 1 amide bonds. The topological polar surface area (TPSA) is 82.1 Å². The first-order valence-electron chi connectivity index (χ1n) is 7.77. The minimum absolute atomic E-state index is 0.0214. The van der Waals surface area contributed by atoms with Crippen LogP contribution in [0, 0.1) is 0 Å². The average Bonchev–Trinajstić information content (AvgIpc) is 2.30. The second kappa shape index (κ2) is 9.37. The largest absolute Gasteiger partial charge is 0.463 e. The summed E-state index contributed by atoms with van der Waals surface area (Å²) in [4.78, 5) is 36.7.